The largest absolute Gasteiger partial charge is 0.481 e. The SMILES string of the molecule is O=C(O)CC(=O)Cc1cc(F)ccc1F. The van der Waals surface area contributed by atoms with Crippen molar-refractivity contribution in [2.45, 2.75) is 12.8 Å². The zero-order chi connectivity index (χ0) is 11.4. The third kappa shape index (κ3) is 3.46. The van der Waals surface area contributed by atoms with E-state index in [4.69, 9.17) is 5.11 Å². The third-order valence-electron chi connectivity index (χ3n) is 1.74. The maximum absolute atomic E-state index is 13.0. The van der Waals surface area contributed by atoms with E-state index < -0.39 is 36.2 Å². The molecule has 0 aliphatic heterocycles. The molecule has 0 saturated carbocycles. The number of Topliss-reactive ketones (excluding diaryl/α,β-unsaturated/α-hetero) is 1. The van der Waals surface area contributed by atoms with Crippen LogP contribution in [0.4, 0.5) is 8.78 Å². The van der Waals surface area contributed by atoms with Crippen LogP contribution in [0.2, 0.25) is 0 Å². The van der Waals surface area contributed by atoms with E-state index in [1.54, 1.807) is 0 Å². The fraction of sp³-hybridized carbons (Fsp3) is 0.200. The van der Waals surface area contributed by atoms with Gasteiger partial charge >= 0.3 is 5.97 Å². The predicted molar refractivity (Wildman–Crippen MR) is 47.3 cm³/mol. The summed E-state index contributed by atoms with van der Waals surface area (Å²) in [6.45, 7) is 0. The molecule has 0 atom stereocenters. The highest BCUT2D eigenvalue weighted by atomic mass is 19.1. The van der Waals surface area contributed by atoms with E-state index in [9.17, 15) is 18.4 Å². The number of carbonyl (C=O) groups is 2. The van der Waals surface area contributed by atoms with Crippen molar-refractivity contribution in [3.8, 4) is 0 Å². The van der Waals surface area contributed by atoms with Gasteiger partial charge in [-0.1, -0.05) is 0 Å². The van der Waals surface area contributed by atoms with Gasteiger partial charge in [-0.2, -0.15) is 0 Å². The van der Waals surface area contributed by atoms with E-state index in [2.05, 4.69) is 0 Å². The Kier molecular flexibility index (Phi) is 3.49. The molecular formula is C10H8F2O3. The summed E-state index contributed by atoms with van der Waals surface area (Å²) >= 11 is 0. The van der Waals surface area contributed by atoms with Crippen LogP contribution in [0, 0.1) is 11.6 Å². The number of hydrogen-bond acceptors (Lipinski definition) is 2. The molecule has 0 heterocycles. The van der Waals surface area contributed by atoms with E-state index in [1.807, 2.05) is 0 Å². The molecule has 0 bridgehead atoms. The van der Waals surface area contributed by atoms with Gasteiger partial charge in [0.2, 0.25) is 0 Å². The number of carboxylic acids is 1. The summed E-state index contributed by atoms with van der Waals surface area (Å²) in [5.41, 5.74) is -0.124. The number of rotatable bonds is 4. The first-order valence-electron chi connectivity index (χ1n) is 4.16. The molecule has 0 radical (unpaired) electrons. The molecule has 1 N–H and O–H groups in total. The quantitative estimate of drug-likeness (QED) is 0.773. The van der Waals surface area contributed by atoms with Crippen molar-refractivity contribution < 1.29 is 23.5 Å². The second kappa shape index (κ2) is 4.63. The van der Waals surface area contributed by atoms with Crippen molar-refractivity contribution in [1.82, 2.24) is 0 Å². The molecular weight excluding hydrogens is 206 g/mol. The number of ketones is 1. The number of benzene rings is 1. The molecule has 0 aromatic heterocycles. The number of carboxylic acid groups (broad SMARTS) is 1. The Labute approximate surface area is 84.3 Å². The fourth-order valence-corrected chi connectivity index (χ4v) is 1.12. The summed E-state index contributed by atoms with van der Waals surface area (Å²) in [6, 6.07) is 2.72. The van der Waals surface area contributed by atoms with Crippen LogP contribution >= 0.6 is 0 Å². The molecule has 15 heavy (non-hydrogen) atoms. The summed E-state index contributed by atoms with van der Waals surface area (Å²) in [6.07, 6.45) is -1.09. The molecule has 0 spiro atoms. The van der Waals surface area contributed by atoms with Crippen molar-refractivity contribution in [1.29, 1.82) is 0 Å². The highest BCUT2D eigenvalue weighted by Gasteiger charge is 2.12. The Balaban J connectivity index is 2.76. The van der Waals surface area contributed by atoms with Gasteiger partial charge in [0.05, 0.1) is 0 Å². The topological polar surface area (TPSA) is 54.4 Å². The van der Waals surface area contributed by atoms with Crippen molar-refractivity contribution in [2.24, 2.45) is 0 Å². The third-order valence-corrected chi connectivity index (χ3v) is 1.74. The standard InChI is InChI=1S/C10H8F2O3/c11-7-1-2-9(12)6(3-7)4-8(13)5-10(14)15/h1-3H,4-5H2,(H,14,15). The first-order chi connectivity index (χ1) is 6.99. The molecule has 0 saturated heterocycles. The monoisotopic (exact) mass is 214 g/mol. The summed E-state index contributed by atoms with van der Waals surface area (Å²) in [5, 5.41) is 8.30. The Bertz CT molecular complexity index is 402. The van der Waals surface area contributed by atoms with Gasteiger partial charge in [0.25, 0.3) is 0 Å². The number of halogens is 2. The summed E-state index contributed by atoms with van der Waals surface area (Å²) in [7, 11) is 0. The highest BCUT2D eigenvalue weighted by Crippen LogP contribution is 2.11. The average molecular weight is 214 g/mol. The lowest BCUT2D eigenvalue weighted by molar-refractivity contribution is -0.140. The first-order valence-corrected chi connectivity index (χ1v) is 4.16. The lowest BCUT2D eigenvalue weighted by Gasteiger charge is -2.01. The minimum absolute atomic E-state index is 0.124. The lowest BCUT2D eigenvalue weighted by Crippen LogP contribution is -2.10. The zero-order valence-electron chi connectivity index (χ0n) is 7.67. The second-order valence-corrected chi connectivity index (χ2v) is 3.02. The average Bonchev–Trinajstić information content (AvgIpc) is 2.10. The lowest BCUT2D eigenvalue weighted by atomic mass is 10.1. The molecule has 0 aliphatic carbocycles. The van der Waals surface area contributed by atoms with Crippen molar-refractivity contribution in [2.75, 3.05) is 0 Å². The molecule has 0 fully saturated rings. The normalized spacial score (nSPS) is 10.0. The Morgan fingerprint density at radius 2 is 1.93 bits per heavy atom. The molecule has 0 aliphatic rings. The van der Waals surface area contributed by atoms with Gasteiger partial charge in [-0.25, -0.2) is 8.78 Å². The smallest absolute Gasteiger partial charge is 0.310 e. The number of aliphatic carboxylic acids is 1. The molecule has 5 heteroatoms. The van der Waals surface area contributed by atoms with Crippen LogP contribution in [-0.4, -0.2) is 16.9 Å². The van der Waals surface area contributed by atoms with Gasteiger partial charge < -0.3 is 5.11 Å². The van der Waals surface area contributed by atoms with E-state index in [1.165, 1.54) is 0 Å². The Hall–Kier alpha value is -1.78. The van der Waals surface area contributed by atoms with Gasteiger partial charge in [-0.05, 0) is 23.8 Å². The molecule has 1 rings (SSSR count). The van der Waals surface area contributed by atoms with Crippen LogP contribution < -0.4 is 0 Å². The molecule has 1 aromatic rings. The Morgan fingerprint density at radius 1 is 1.27 bits per heavy atom. The van der Waals surface area contributed by atoms with Crippen LogP contribution in [0.15, 0.2) is 18.2 Å². The van der Waals surface area contributed by atoms with Crippen molar-refractivity contribution in [3.05, 3.63) is 35.4 Å². The van der Waals surface area contributed by atoms with Crippen molar-refractivity contribution in [3.63, 3.8) is 0 Å². The molecule has 80 valence electrons. The van der Waals surface area contributed by atoms with Crippen LogP contribution in [0.5, 0.6) is 0 Å². The maximum atomic E-state index is 13.0. The van der Waals surface area contributed by atoms with Gasteiger partial charge in [0.15, 0.2) is 0 Å². The minimum Gasteiger partial charge on any atom is -0.481 e. The maximum Gasteiger partial charge on any atom is 0.310 e. The molecule has 0 amide bonds. The number of hydrogen-bond donors (Lipinski definition) is 1. The molecule has 1 aromatic carbocycles. The van der Waals surface area contributed by atoms with Crippen LogP contribution in [0.1, 0.15) is 12.0 Å². The highest BCUT2D eigenvalue weighted by molar-refractivity contribution is 5.95. The van der Waals surface area contributed by atoms with Crippen molar-refractivity contribution >= 4 is 11.8 Å². The van der Waals surface area contributed by atoms with Gasteiger partial charge in [0, 0.05) is 6.42 Å². The summed E-state index contributed by atoms with van der Waals surface area (Å²) in [5.74, 6) is -3.31. The Morgan fingerprint density at radius 3 is 2.53 bits per heavy atom. The zero-order valence-corrected chi connectivity index (χ0v) is 7.67. The van der Waals surface area contributed by atoms with E-state index in [-0.39, 0.29) is 5.56 Å². The predicted octanol–water partition coefficient (Wildman–Crippen LogP) is 1.55. The van der Waals surface area contributed by atoms with E-state index in [0.717, 1.165) is 18.2 Å². The van der Waals surface area contributed by atoms with Gasteiger partial charge in [0.1, 0.15) is 23.8 Å². The van der Waals surface area contributed by atoms with Crippen LogP contribution in [0.3, 0.4) is 0 Å². The van der Waals surface area contributed by atoms with Crippen LogP contribution in [-0.2, 0) is 16.0 Å². The second-order valence-electron chi connectivity index (χ2n) is 3.02. The van der Waals surface area contributed by atoms with Crippen LogP contribution in [0.25, 0.3) is 0 Å². The molecule has 0 unspecified atom stereocenters. The van der Waals surface area contributed by atoms with E-state index >= 15 is 0 Å². The number of carbonyl (C=O) groups excluding carboxylic acids is 1. The van der Waals surface area contributed by atoms with Gasteiger partial charge in [-0.15, -0.1) is 0 Å². The fourth-order valence-electron chi connectivity index (χ4n) is 1.12. The summed E-state index contributed by atoms with van der Waals surface area (Å²) < 4.78 is 25.7. The summed E-state index contributed by atoms with van der Waals surface area (Å²) in [4.78, 5) is 21.2. The molecule has 3 nitrogen and oxygen atoms in total. The first kappa shape index (κ1) is 11.3. The minimum atomic E-state index is -1.28. The van der Waals surface area contributed by atoms with E-state index in [0.29, 0.717) is 0 Å². The van der Waals surface area contributed by atoms with Gasteiger partial charge in [-0.3, -0.25) is 9.59 Å².